The van der Waals surface area contributed by atoms with Crippen molar-refractivity contribution in [2.45, 2.75) is 11.4 Å². The Balaban J connectivity index is 1.96. The van der Waals surface area contributed by atoms with Crippen molar-refractivity contribution in [3.05, 3.63) is 66.2 Å². The summed E-state index contributed by atoms with van der Waals surface area (Å²) < 4.78 is 27.9. The third-order valence-electron chi connectivity index (χ3n) is 3.62. The first-order valence-electron chi connectivity index (χ1n) is 7.09. The predicted octanol–water partition coefficient (Wildman–Crippen LogP) is 2.48. The second-order valence-corrected chi connectivity index (χ2v) is 7.00. The van der Waals surface area contributed by atoms with Crippen molar-refractivity contribution in [1.82, 2.24) is 4.72 Å². The lowest BCUT2D eigenvalue weighted by Gasteiger charge is -2.11. The van der Waals surface area contributed by atoms with Gasteiger partial charge in [0.25, 0.3) is 0 Å². The molecule has 0 aliphatic carbocycles. The molecule has 118 valence electrons. The minimum absolute atomic E-state index is 0.173. The van der Waals surface area contributed by atoms with Crippen molar-refractivity contribution in [3.63, 3.8) is 0 Å². The monoisotopic (exact) mass is 327 g/mol. The van der Waals surface area contributed by atoms with Gasteiger partial charge in [0.1, 0.15) is 0 Å². The fourth-order valence-electron chi connectivity index (χ4n) is 2.50. The lowest BCUT2D eigenvalue weighted by molar-refractivity contribution is 0.582. The second-order valence-electron chi connectivity index (χ2n) is 5.27. The highest BCUT2D eigenvalue weighted by molar-refractivity contribution is 7.89. The zero-order chi connectivity index (χ0) is 16.4. The molecule has 6 heteroatoms. The van der Waals surface area contributed by atoms with Gasteiger partial charge in [-0.15, -0.1) is 0 Å². The highest BCUT2D eigenvalue weighted by Crippen LogP contribution is 2.27. The van der Waals surface area contributed by atoms with Crippen molar-refractivity contribution >= 4 is 32.2 Å². The van der Waals surface area contributed by atoms with Gasteiger partial charge >= 0.3 is 0 Å². The van der Waals surface area contributed by atoms with Crippen LogP contribution in [0.15, 0.2) is 65.6 Å². The van der Waals surface area contributed by atoms with Gasteiger partial charge < -0.3 is 11.5 Å². The molecule has 0 heterocycles. The van der Waals surface area contributed by atoms with Crippen LogP contribution in [0.1, 0.15) is 5.56 Å². The zero-order valence-electron chi connectivity index (χ0n) is 12.4. The van der Waals surface area contributed by atoms with E-state index < -0.39 is 10.0 Å². The van der Waals surface area contributed by atoms with Crippen molar-refractivity contribution < 1.29 is 8.42 Å². The van der Waals surface area contributed by atoms with Gasteiger partial charge in [-0.25, -0.2) is 13.1 Å². The number of nitrogen functional groups attached to an aromatic ring is 2. The van der Waals surface area contributed by atoms with E-state index in [1.165, 1.54) is 0 Å². The lowest BCUT2D eigenvalue weighted by atomic mass is 10.1. The van der Waals surface area contributed by atoms with Crippen molar-refractivity contribution in [2.24, 2.45) is 0 Å². The van der Waals surface area contributed by atoms with Crippen LogP contribution in [0.2, 0.25) is 0 Å². The maximum atomic E-state index is 12.6. The summed E-state index contributed by atoms with van der Waals surface area (Å²) in [4.78, 5) is 0.214. The first-order valence-corrected chi connectivity index (χ1v) is 8.57. The molecule has 0 spiro atoms. The minimum Gasteiger partial charge on any atom is -0.399 e. The third kappa shape index (κ3) is 3.13. The molecule has 0 atom stereocenters. The summed E-state index contributed by atoms with van der Waals surface area (Å²) in [6, 6.07) is 17.4. The largest absolute Gasteiger partial charge is 0.399 e. The Morgan fingerprint density at radius 2 is 1.57 bits per heavy atom. The predicted molar refractivity (Wildman–Crippen MR) is 93.2 cm³/mol. The summed E-state index contributed by atoms with van der Waals surface area (Å²) in [6.07, 6.45) is 0. The molecule has 0 bridgehead atoms. The van der Waals surface area contributed by atoms with Gasteiger partial charge in [0.15, 0.2) is 0 Å². The highest BCUT2D eigenvalue weighted by Gasteiger charge is 2.17. The van der Waals surface area contributed by atoms with E-state index in [4.69, 9.17) is 11.5 Å². The van der Waals surface area contributed by atoms with E-state index in [2.05, 4.69) is 4.72 Å². The van der Waals surface area contributed by atoms with Crippen molar-refractivity contribution in [1.29, 1.82) is 0 Å². The normalized spacial score (nSPS) is 11.7. The molecule has 0 aliphatic rings. The van der Waals surface area contributed by atoms with Gasteiger partial charge in [-0.2, -0.15) is 0 Å². The molecule has 0 saturated heterocycles. The molecule has 3 aromatic rings. The van der Waals surface area contributed by atoms with Crippen LogP contribution in [0, 0.1) is 0 Å². The molecule has 3 aromatic carbocycles. The minimum atomic E-state index is -3.66. The van der Waals surface area contributed by atoms with Crippen LogP contribution in [0.4, 0.5) is 11.4 Å². The summed E-state index contributed by atoms with van der Waals surface area (Å²) in [6.45, 7) is 0.173. The number of hydrogen-bond acceptors (Lipinski definition) is 4. The van der Waals surface area contributed by atoms with Gasteiger partial charge in [-0.05, 0) is 29.8 Å². The maximum absolute atomic E-state index is 12.6. The molecule has 0 unspecified atom stereocenters. The van der Waals surface area contributed by atoms with Crippen LogP contribution >= 0.6 is 0 Å². The summed E-state index contributed by atoms with van der Waals surface area (Å²) in [5.74, 6) is 0. The standard InChI is InChI=1S/C17H17N3O2S/c18-13-5-1-4-12(10-13)11-20-23(21,22)17-9-3-6-14-15(17)7-2-8-16(14)19/h1-10,20H,11,18-19H2. The van der Waals surface area contributed by atoms with Gasteiger partial charge in [0, 0.05) is 28.7 Å². The average Bonchev–Trinajstić information content (AvgIpc) is 2.53. The molecular formula is C17H17N3O2S. The third-order valence-corrected chi connectivity index (χ3v) is 5.08. The first kappa shape index (κ1) is 15.3. The summed E-state index contributed by atoms with van der Waals surface area (Å²) in [5.41, 5.74) is 13.6. The molecule has 0 aliphatic heterocycles. The zero-order valence-corrected chi connectivity index (χ0v) is 13.2. The molecule has 5 nitrogen and oxygen atoms in total. The smallest absolute Gasteiger partial charge is 0.241 e. The van der Waals surface area contributed by atoms with E-state index in [-0.39, 0.29) is 11.4 Å². The number of sulfonamides is 1. The van der Waals surface area contributed by atoms with Gasteiger partial charge in [-0.1, -0.05) is 36.4 Å². The number of hydrogen-bond donors (Lipinski definition) is 3. The fourth-order valence-corrected chi connectivity index (χ4v) is 3.74. The number of benzene rings is 3. The quantitative estimate of drug-likeness (QED) is 0.641. The molecule has 0 fully saturated rings. The number of nitrogens with two attached hydrogens (primary N) is 2. The molecule has 3 rings (SSSR count). The molecule has 0 saturated carbocycles. The Hall–Kier alpha value is -2.57. The van der Waals surface area contributed by atoms with Gasteiger partial charge in [0.05, 0.1) is 4.90 Å². The Kier molecular flexibility index (Phi) is 3.94. The highest BCUT2D eigenvalue weighted by atomic mass is 32.2. The van der Waals surface area contributed by atoms with Crippen molar-refractivity contribution in [3.8, 4) is 0 Å². The van der Waals surface area contributed by atoms with Gasteiger partial charge in [-0.3, -0.25) is 0 Å². The van der Waals surface area contributed by atoms with Crippen LogP contribution < -0.4 is 16.2 Å². The summed E-state index contributed by atoms with van der Waals surface area (Å²) in [7, 11) is -3.66. The molecule has 0 aromatic heterocycles. The van der Waals surface area contributed by atoms with E-state index in [0.717, 1.165) is 10.9 Å². The molecule has 0 amide bonds. The number of rotatable bonds is 4. The van der Waals surface area contributed by atoms with E-state index in [9.17, 15) is 8.42 Å². The van der Waals surface area contributed by atoms with E-state index in [1.54, 1.807) is 48.5 Å². The summed E-state index contributed by atoms with van der Waals surface area (Å²) >= 11 is 0. The van der Waals surface area contributed by atoms with E-state index in [0.29, 0.717) is 16.8 Å². The van der Waals surface area contributed by atoms with Crippen LogP contribution in [-0.4, -0.2) is 8.42 Å². The van der Waals surface area contributed by atoms with Crippen LogP contribution in [0.3, 0.4) is 0 Å². The maximum Gasteiger partial charge on any atom is 0.241 e. The molecular weight excluding hydrogens is 310 g/mol. The van der Waals surface area contributed by atoms with Crippen LogP contribution in [0.25, 0.3) is 10.8 Å². The Bertz CT molecular complexity index is 968. The topological polar surface area (TPSA) is 98.2 Å². The number of nitrogens with one attached hydrogen (secondary N) is 1. The lowest BCUT2D eigenvalue weighted by Crippen LogP contribution is -2.23. The molecule has 0 radical (unpaired) electrons. The van der Waals surface area contributed by atoms with E-state index >= 15 is 0 Å². The first-order chi connectivity index (χ1) is 11.0. The number of fused-ring (bicyclic) bond motifs is 1. The average molecular weight is 327 g/mol. The van der Waals surface area contributed by atoms with Crippen molar-refractivity contribution in [2.75, 3.05) is 11.5 Å². The summed E-state index contributed by atoms with van der Waals surface area (Å²) in [5, 5.41) is 1.33. The Morgan fingerprint density at radius 3 is 2.35 bits per heavy atom. The van der Waals surface area contributed by atoms with Gasteiger partial charge in [0.2, 0.25) is 10.0 Å². The van der Waals surface area contributed by atoms with Crippen LogP contribution in [0.5, 0.6) is 0 Å². The second kappa shape index (κ2) is 5.91. The Labute approximate surface area is 135 Å². The molecule has 5 N–H and O–H groups in total. The number of anilines is 2. The fraction of sp³-hybridized carbons (Fsp3) is 0.0588. The molecule has 23 heavy (non-hydrogen) atoms. The van der Waals surface area contributed by atoms with Crippen LogP contribution in [-0.2, 0) is 16.6 Å². The Morgan fingerprint density at radius 1 is 0.870 bits per heavy atom. The SMILES string of the molecule is Nc1cccc(CNS(=O)(=O)c2cccc3c(N)cccc23)c1. The van der Waals surface area contributed by atoms with E-state index in [1.807, 2.05) is 12.1 Å².